The molecule has 0 atom stereocenters. The van der Waals surface area contributed by atoms with Crippen LogP contribution in [-0.4, -0.2) is 0 Å². The van der Waals surface area contributed by atoms with E-state index in [0.29, 0.717) is 5.39 Å². The zero-order valence-electron chi connectivity index (χ0n) is 20.3. The first-order valence-corrected chi connectivity index (χ1v) is 12.6. The van der Waals surface area contributed by atoms with E-state index in [0.717, 1.165) is 47.8 Å². The van der Waals surface area contributed by atoms with Crippen LogP contribution in [0.3, 0.4) is 0 Å². The molecule has 0 aromatic heterocycles. The van der Waals surface area contributed by atoms with Gasteiger partial charge in [-0.3, -0.25) is 0 Å². The van der Waals surface area contributed by atoms with Crippen molar-refractivity contribution in [1.82, 2.24) is 0 Å². The molecule has 4 aromatic carbocycles. The smallest absolute Gasteiger partial charge is 0.134 e. The predicted octanol–water partition coefficient (Wildman–Crippen LogP) is 8.46. The number of hydrogen-bond donors (Lipinski definition) is 0. The first-order chi connectivity index (χ1) is 16.7. The fourth-order valence-electron chi connectivity index (χ4n) is 4.32. The first kappa shape index (κ1) is 23.8. The summed E-state index contributed by atoms with van der Waals surface area (Å²) in [5, 5.41) is 1.58. The highest BCUT2D eigenvalue weighted by Crippen LogP contribution is 2.23. The zero-order chi connectivity index (χ0) is 23.8. The molecule has 0 saturated carbocycles. The van der Waals surface area contributed by atoms with Crippen molar-refractivity contribution in [2.24, 2.45) is 0 Å². The Morgan fingerprint density at radius 3 is 1.82 bits per heavy atom. The SMILES string of the molecule is CCCCc1ccc(CCc2ccc(C#Cc3ccc4c(F)c(CCC)ccc4c3)cc2)cc1. The summed E-state index contributed by atoms with van der Waals surface area (Å²) in [6, 6.07) is 27.3. The molecule has 0 fully saturated rings. The second-order valence-corrected chi connectivity index (χ2v) is 9.09. The maximum atomic E-state index is 14.7. The lowest BCUT2D eigenvalue weighted by Gasteiger charge is -2.06. The van der Waals surface area contributed by atoms with Crippen LogP contribution in [-0.2, 0) is 25.7 Å². The molecule has 0 spiro atoms. The molecule has 0 radical (unpaired) electrons. The van der Waals surface area contributed by atoms with E-state index < -0.39 is 0 Å². The molecule has 4 rings (SSSR count). The van der Waals surface area contributed by atoms with Crippen molar-refractivity contribution in [3.63, 3.8) is 0 Å². The fraction of sp³-hybridized carbons (Fsp3) is 0.273. The topological polar surface area (TPSA) is 0 Å². The van der Waals surface area contributed by atoms with Crippen LogP contribution >= 0.6 is 0 Å². The molecule has 0 nitrogen and oxygen atoms in total. The number of hydrogen-bond acceptors (Lipinski definition) is 0. The van der Waals surface area contributed by atoms with Gasteiger partial charge in [-0.15, -0.1) is 0 Å². The predicted molar refractivity (Wildman–Crippen MR) is 143 cm³/mol. The molecule has 0 bridgehead atoms. The summed E-state index contributed by atoms with van der Waals surface area (Å²) in [5.74, 6) is 6.39. The Bertz CT molecular complexity index is 1280. The van der Waals surface area contributed by atoms with Crippen LogP contribution in [0.1, 0.15) is 66.5 Å². The Morgan fingerprint density at radius 2 is 1.18 bits per heavy atom. The molecule has 172 valence electrons. The van der Waals surface area contributed by atoms with Gasteiger partial charge in [0.2, 0.25) is 0 Å². The summed E-state index contributed by atoms with van der Waals surface area (Å²) in [6.45, 7) is 4.31. The van der Waals surface area contributed by atoms with E-state index in [1.54, 1.807) is 0 Å². The summed E-state index contributed by atoms with van der Waals surface area (Å²) >= 11 is 0. The third kappa shape index (κ3) is 6.15. The summed E-state index contributed by atoms with van der Waals surface area (Å²) in [7, 11) is 0. The molecule has 1 heteroatoms. The maximum Gasteiger partial charge on any atom is 0.134 e. The Hall–Kier alpha value is -3.37. The summed E-state index contributed by atoms with van der Waals surface area (Å²) in [6.07, 6.45) is 7.46. The minimum atomic E-state index is -0.0955. The van der Waals surface area contributed by atoms with Crippen LogP contribution in [0.5, 0.6) is 0 Å². The maximum absolute atomic E-state index is 14.7. The lowest BCUT2D eigenvalue weighted by Crippen LogP contribution is -1.93. The van der Waals surface area contributed by atoms with Gasteiger partial charge < -0.3 is 0 Å². The number of halogens is 1. The van der Waals surface area contributed by atoms with Crippen molar-refractivity contribution < 1.29 is 4.39 Å². The molecule has 4 aromatic rings. The van der Waals surface area contributed by atoms with E-state index in [-0.39, 0.29) is 5.82 Å². The van der Waals surface area contributed by atoms with Crippen LogP contribution in [0.25, 0.3) is 10.8 Å². The largest absolute Gasteiger partial charge is 0.206 e. The highest BCUT2D eigenvalue weighted by atomic mass is 19.1. The number of unbranched alkanes of at least 4 members (excludes halogenated alkanes) is 1. The molecule has 34 heavy (non-hydrogen) atoms. The lowest BCUT2D eigenvalue weighted by atomic mass is 10.0. The van der Waals surface area contributed by atoms with E-state index in [9.17, 15) is 4.39 Å². The number of rotatable bonds is 8. The van der Waals surface area contributed by atoms with Gasteiger partial charge in [-0.25, -0.2) is 4.39 Å². The molecular weight excluding hydrogens is 415 g/mol. The van der Waals surface area contributed by atoms with Crippen molar-refractivity contribution in [1.29, 1.82) is 0 Å². The molecule has 0 aliphatic rings. The van der Waals surface area contributed by atoms with Crippen molar-refractivity contribution in [2.75, 3.05) is 0 Å². The second kappa shape index (κ2) is 11.7. The molecule has 0 saturated heterocycles. The molecule has 0 aliphatic heterocycles. The van der Waals surface area contributed by atoms with Gasteiger partial charge in [0, 0.05) is 16.5 Å². The monoisotopic (exact) mass is 448 g/mol. The second-order valence-electron chi connectivity index (χ2n) is 9.09. The Morgan fingerprint density at radius 1 is 0.588 bits per heavy atom. The van der Waals surface area contributed by atoms with Crippen molar-refractivity contribution in [2.45, 2.75) is 58.8 Å². The fourth-order valence-corrected chi connectivity index (χ4v) is 4.32. The Kier molecular flexibility index (Phi) is 8.16. The molecule has 0 aliphatic carbocycles. The summed E-state index contributed by atoms with van der Waals surface area (Å²) in [5.41, 5.74) is 6.84. The van der Waals surface area contributed by atoms with Gasteiger partial charge in [-0.2, -0.15) is 0 Å². The summed E-state index contributed by atoms with van der Waals surface area (Å²) < 4.78 is 14.7. The van der Waals surface area contributed by atoms with Gasteiger partial charge in [-0.1, -0.05) is 93.1 Å². The van der Waals surface area contributed by atoms with E-state index in [4.69, 9.17) is 0 Å². The van der Waals surface area contributed by atoms with E-state index in [2.05, 4.69) is 74.2 Å². The third-order valence-corrected chi connectivity index (χ3v) is 6.40. The normalized spacial score (nSPS) is 10.8. The van der Waals surface area contributed by atoms with Crippen molar-refractivity contribution in [3.8, 4) is 11.8 Å². The number of aryl methyl sites for hydroxylation is 4. The van der Waals surface area contributed by atoms with Crippen LogP contribution in [0.15, 0.2) is 78.9 Å². The average molecular weight is 449 g/mol. The molecule has 0 N–H and O–H groups in total. The van der Waals surface area contributed by atoms with Crippen LogP contribution in [0.2, 0.25) is 0 Å². The van der Waals surface area contributed by atoms with Crippen molar-refractivity contribution in [3.05, 3.63) is 118 Å². The van der Waals surface area contributed by atoms with E-state index in [1.807, 2.05) is 30.3 Å². The zero-order valence-corrected chi connectivity index (χ0v) is 20.3. The van der Waals surface area contributed by atoms with Gasteiger partial charge in [0.05, 0.1) is 0 Å². The van der Waals surface area contributed by atoms with Gasteiger partial charge in [0.15, 0.2) is 0 Å². The van der Waals surface area contributed by atoms with E-state index in [1.165, 1.54) is 36.0 Å². The van der Waals surface area contributed by atoms with Crippen molar-refractivity contribution >= 4 is 10.8 Å². The standard InChI is InChI=1S/C33H33F/c1-3-5-7-25-8-10-26(11-9-25)12-13-27-14-16-28(17-15-27)18-19-29-20-23-32-31(24-29)22-21-30(6-4-2)33(32)34/h8-11,14-17,20-24H,3-7,12-13H2,1-2H3. The van der Waals surface area contributed by atoms with Crippen LogP contribution in [0, 0.1) is 17.7 Å². The third-order valence-electron chi connectivity index (χ3n) is 6.40. The number of benzene rings is 4. The minimum absolute atomic E-state index is 0.0955. The lowest BCUT2D eigenvalue weighted by molar-refractivity contribution is 0.619. The van der Waals surface area contributed by atoms with Gasteiger partial charge >= 0.3 is 0 Å². The summed E-state index contributed by atoms with van der Waals surface area (Å²) in [4.78, 5) is 0. The Balaban J connectivity index is 1.38. The molecule has 0 heterocycles. The molecular formula is C33H33F. The number of fused-ring (bicyclic) bond motifs is 1. The van der Waals surface area contributed by atoms with Gasteiger partial charge in [0.1, 0.15) is 5.82 Å². The van der Waals surface area contributed by atoms with Gasteiger partial charge in [0.25, 0.3) is 0 Å². The Labute approximate surface area is 203 Å². The van der Waals surface area contributed by atoms with Crippen LogP contribution < -0.4 is 0 Å². The first-order valence-electron chi connectivity index (χ1n) is 12.6. The highest BCUT2D eigenvalue weighted by molar-refractivity contribution is 5.85. The highest BCUT2D eigenvalue weighted by Gasteiger charge is 2.07. The molecule has 0 amide bonds. The van der Waals surface area contributed by atoms with Crippen LogP contribution in [0.4, 0.5) is 4.39 Å². The minimum Gasteiger partial charge on any atom is -0.206 e. The quantitative estimate of drug-likeness (QED) is 0.237. The van der Waals surface area contributed by atoms with Gasteiger partial charge in [-0.05, 0) is 84.0 Å². The molecule has 0 unspecified atom stereocenters. The van der Waals surface area contributed by atoms with E-state index >= 15 is 0 Å². The average Bonchev–Trinajstić information content (AvgIpc) is 2.88.